The molecule has 7 heteroatoms. The van der Waals surface area contributed by atoms with Crippen LogP contribution in [-0.4, -0.2) is 75.5 Å². The fraction of sp³-hybridized carbons (Fsp3) is 0.611. The second-order valence-electron chi connectivity index (χ2n) is 6.42. The van der Waals surface area contributed by atoms with Crippen molar-refractivity contribution in [2.45, 2.75) is 18.9 Å². The quantitative estimate of drug-likeness (QED) is 0.881. The van der Waals surface area contributed by atoms with Gasteiger partial charge in [0, 0.05) is 45.4 Å². The first kappa shape index (κ1) is 17.8. The van der Waals surface area contributed by atoms with Gasteiger partial charge < -0.3 is 24.4 Å². The summed E-state index contributed by atoms with van der Waals surface area (Å²) < 4.78 is 16.2. The van der Waals surface area contributed by atoms with Crippen molar-refractivity contribution in [3.63, 3.8) is 0 Å². The van der Waals surface area contributed by atoms with Gasteiger partial charge in [-0.25, -0.2) is 4.79 Å². The molecule has 1 N–H and O–H groups in total. The van der Waals surface area contributed by atoms with Gasteiger partial charge in [-0.2, -0.15) is 0 Å². The van der Waals surface area contributed by atoms with Crippen LogP contribution in [0.2, 0.25) is 0 Å². The summed E-state index contributed by atoms with van der Waals surface area (Å²) in [5.41, 5.74) is 0.648. The van der Waals surface area contributed by atoms with Crippen LogP contribution >= 0.6 is 0 Å². The molecule has 2 aliphatic rings. The average Bonchev–Trinajstić information content (AvgIpc) is 3.15. The van der Waals surface area contributed by atoms with E-state index in [0.29, 0.717) is 23.3 Å². The summed E-state index contributed by atoms with van der Waals surface area (Å²) in [6.45, 7) is 5.06. The van der Waals surface area contributed by atoms with Crippen LogP contribution in [0.1, 0.15) is 12.8 Å². The van der Waals surface area contributed by atoms with Gasteiger partial charge in [-0.05, 0) is 25.0 Å². The zero-order valence-corrected chi connectivity index (χ0v) is 15.0. The number of nitrogens with zero attached hydrogens (tertiary/aromatic N) is 2. The number of methoxy groups -OCH3 is 2. The van der Waals surface area contributed by atoms with E-state index >= 15 is 0 Å². The molecule has 138 valence electrons. The Balaban J connectivity index is 1.51. The molecule has 1 atom stereocenters. The zero-order chi connectivity index (χ0) is 17.6. The molecule has 3 rings (SSSR count). The Morgan fingerprint density at radius 3 is 2.68 bits per heavy atom. The van der Waals surface area contributed by atoms with E-state index in [9.17, 15) is 4.79 Å². The molecule has 2 heterocycles. The Labute approximate surface area is 148 Å². The maximum Gasteiger partial charge on any atom is 0.322 e. The number of hydrogen-bond acceptors (Lipinski definition) is 5. The summed E-state index contributed by atoms with van der Waals surface area (Å²) in [6.07, 6.45) is 2.68. The lowest BCUT2D eigenvalue weighted by Gasteiger charge is -2.35. The first-order valence-electron chi connectivity index (χ1n) is 8.81. The van der Waals surface area contributed by atoms with Gasteiger partial charge in [0.05, 0.1) is 26.0 Å². The van der Waals surface area contributed by atoms with Crippen molar-refractivity contribution in [2.75, 3.05) is 58.9 Å². The van der Waals surface area contributed by atoms with Crippen LogP contribution in [0.5, 0.6) is 11.5 Å². The molecule has 0 radical (unpaired) electrons. The van der Waals surface area contributed by atoms with Gasteiger partial charge in [0.1, 0.15) is 11.5 Å². The highest BCUT2D eigenvalue weighted by Crippen LogP contribution is 2.29. The van der Waals surface area contributed by atoms with Gasteiger partial charge in [0.15, 0.2) is 0 Å². The van der Waals surface area contributed by atoms with Gasteiger partial charge in [0.2, 0.25) is 0 Å². The van der Waals surface area contributed by atoms with Crippen molar-refractivity contribution in [3.05, 3.63) is 18.2 Å². The van der Waals surface area contributed by atoms with Crippen LogP contribution in [0.25, 0.3) is 0 Å². The Kier molecular flexibility index (Phi) is 5.99. The van der Waals surface area contributed by atoms with Crippen molar-refractivity contribution >= 4 is 11.7 Å². The van der Waals surface area contributed by atoms with Crippen molar-refractivity contribution in [1.29, 1.82) is 0 Å². The van der Waals surface area contributed by atoms with E-state index in [1.807, 2.05) is 4.90 Å². The minimum atomic E-state index is -0.0970. The standard InChI is InChI=1S/C18H27N3O4/c1-23-14-5-6-16(17(12-14)24-2)19-18(22)21-9-7-20(8-10-21)13-15-4-3-11-25-15/h5-6,12,15H,3-4,7-11,13H2,1-2H3,(H,19,22). The molecule has 25 heavy (non-hydrogen) atoms. The SMILES string of the molecule is COc1ccc(NC(=O)N2CCN(CC3CCCO3)CC2)c(OC)c1. The number of carbonyl (C=O) groups excluding carboxylic acids is 1. The Hall–Kier alpha value is -1.99. The molecule has 0 saturated carbocycles. The summed E-state index contributed by atoms with van der Waals surface area (Å²) in [6, 6.07) is 5.26. The summed E-state index contributed by atoms with van der Waals surface area (Å²) in [7, 11) is 3.18. The molecule has 1 aromatic rings. The van der Waals surface area contributed by atoms with E-state index in [2.05, 4.69) is 10.2 Å². The molecule has 1 aromatic carbocycles. The molecule has 0 bridgehead atoms. The van der Waals surface area contributed by atoms with Gasteiger partial charge in [-0.15, -0.1) is 0 Å². The number of carbonyl (C=O) groups is 1. The van der Waals surface area contributed by atoms with E-state index < -0.39 is 0 Å². The van der Waals surface area contributed by atoms with E-state index in [1.165, 1.54) is 0 Å². The maximum absolute atomic E-state index is 12.5. The van der Waals surface area contributed by atoms with Crippen LogP contribution < -0.4 is 14.8 Å². The number of amides is 2. The van der Waals surface area contributed by atoms with Gasteiger partial charge >= 0.3 is 6.03 Å². The first-order chi connectivity index (χ1) is 12.2. The van der Waals surface area contributed by atoms with Crippen LogP contribution in [0.4, 0.5) is 10.5 Å². The molecule has 0 aromatic heterocycles. The molecule has 0 spiro atoms. The number of urea groups is 1. The average molecular weight is 349 g/mol. The van der Waals surface area contributed by atoms with Crippen LogP contribution in [0.15, 0.2) is 18.2 Å². The summed E-state index contributed by atoms with van der Waals surface area (Å²) in [5.74, 6) is 1.28. The maximum atomic E-state index is 12.5. The van der Waals surface area contributed by atoms with Crippen LogP contribution in [-0.2, 0) is 4.74 Å². The van der Waals surface area contributed by atoms with E-state index in [4.69, 9.17) is 14.2 Å². The number of anilines is 1. The third kappa shape index (κ3) is 4.55. The van der Waals surface area contributed by atoms with Crippen LogP contribution in [0.3, 0.4) is 0 Å². The highest BCUT2D eigenvalue weighted by molar-refractivity contribution is 5.91. The number of ether oxygens (including phenoxy) is 3. The fourth-order valence-corrected chi connectivity index (χ4v) is 3.31. The Bertz CT molecular complexity index is 582. The Morgan fingerprint density at radius 1 is 1.24 bits per heavy atom. The normalized spacial score (nSPS) is 21.2. The molecule has 2 fully saturated rings. The monoisotopic (exact) mass is 349 g/mol. The lowest BCUT2D eigenvalue weighted by molar-refractivity contribution is 0.0571. The van der Waals surface area contributed by atoms with Crippen molar-refractivity contribution in [3.8, 4) is 11.5 Å². The summed E-state index contributed by atoms with van der Waals surface area (Å²) >= 11 is 0. The summed E-state index contributed by atoms with van der Waals surface area (Å²) in [5, 5.41) is 2.93. The largest absolute Gasteiger partial charge is 0.497 e. The molecule has 2 aliphatic heterocycles. The van der Waals surface area contributed by atoms with Crippen molar-refractivity contribution < 1.29 is 19.0 Å². The predicted octanol–water partition coefficient (Wildman–Crippen LogP) is 2.03. The smallest absolute Gasteiger partial charge is 0.322 e. The second-order valence-corrected chi connectivity index (χ2v) is 6.42. The third-order valence-electron chi connectivity index (χ3n) is 4.80. The molecule has 1 unspecified atom stereocenters. The third-order valence-corrected chi connectivity index (χ3v) is 4.80. The summed E-state index contributed by atoms with van der Waals surface area (Å²) in [4.78, 5) is 16.8. The van der Waals surface area contributed by atoms with Gasteiger partial charge in [-0.1, -0.05) is 0 Å². The van der Waals surface area contributed by atoms with Crippen LogP contribution in [0, 0.1) is 0 Å². The van der Waals surface area contributed by atoms with E-state index in [-0.39, 0.29) is 6.03 Å². The highest BCUT2D eigenvalue weighted by atomic mass is 16.5. The highest BCUT2D eigenvalue weighted by Gasteiger charge is 2.25. The lowest BCUT2D eigenvalue weighted by Crippen LogP contribution is -2.51. The molecular weight excluding hydrogens is 322 g/mol. The first-order valence-corrected chi connectivity index (χ1v) is 8.81. The van der Waals surface area contributed by atoms with Gasteiger partial charge in [-0.3, -0.25) is 4.90 Å². The second kappa shape index (κ2) is 8.40. The number of piperazine rings is 1. The minimum absolute atomic E-state index is 0.0970. The molecule has 2 amide bonds. The number of benzene rings is 1. The molecule has 0 aliphatic carbocycles. The molecule has 7 nitrogen and oxygen atoms in total. The van der Waals surface area contributed by atoms with Crippen molar-refractivity contribution in [1.82, 2.24) is 9.80 Å². The van der Waals surface area contributed by atoms with E-state index in [1.54, 1.807) is 32.4 Å². The zero-order valence-electron chi connectivity index (χ0n) is 15.0. The number of nitrogens with one attached hydrogen (secondary N) is 1. The van der Waals surface area contributed by atoms with Crippen molar-refractivity contribution in [2.24, 2.45) is 0 Å². The predicted molar refractivity (Wildman–Crippen MR) is 95.6 cm³/mol. The number of rotatable bonds is 5. The topological polar surface area (TPSA) is 63.3 Å². The Morgan fingerprint density at radius 2 is 2.04 bits per heavy atom. The minimum Gasteiger partial charge on any atom is -0.497 e. The molecular formula is C18H27N3O4. The van der Waals surface area contributed by atoms with Gasteiger partial charge in [0.25, 0.3) is 0 Å². The van der Waals surface area contributed by atoms with E-state index in [0.717, 1.165) is 52.2 Å². The molecule has 2 saturated heterocycles. The lowest BCUT2D eigenvalue weighted by atomic mass is 10.2. The fourth-order valence-electron chi connectivity index (χ4n) is 3.31. The number of hydrogen-bond donors (Lipinski definition) is 1.